The summed E-state index contributed by atoms with van der Waals surface area (Å²) < 4.78 is 37.1. The number of methoxy groups -OCH3 is 1. The number of carbonyl (C=O) groups excluding carboxylic acids is 1. The molecule has 2 aliphatic rings. The molecule has 1 heterocycles. The van der Waals surface area contributed by atoms with E-state index in [0.29, 0.717) is 51.3 Å². The van der Waals surface area contributed by atoms with Gasteiger partial charge in [-0.2, -0.15) is 0 Å². The second-order valence-corrected chi connectivity index (χ2v) is 11.0. The van der Waals surface area contributed by atoms with Gasteiger partial charge in [-0.1, -0.05) is 55.8 Å². The Kier molecular flexibility index (Phi) is 11.7. The molecule has 36 heavy (non-hydrogen) atoms. The molecule has 1 aliphatic carbocycles. The first kappa shape index (κ1) is 29.1. The van der Waals surface area contributed by atoms with E-state index in [2.05, 4.69) is 10.6 Å². The zero-order valence-electron chi connectivity index (χ0n) is 22.0. The largest absolute Gasteiger partial charge is 0.385 e. The fourth-order valence-electron chi connectivity index (χ4n) is 6.08. The van der Waals surface area contributed by atoms with Crippen LogP contribution in [0.5, 0.6) is 0 Å². The number of carbonyl (C=O) groups is 1. The highest BCUT2D eigenvalue weighted by molar-refractivity contribution is 6.30. The van der Waals surface area contributed by atoms with Gasteiger partial charge in [0.05, 0.1) is 5.02 Å². The average Bonchev–Trinajstić information content (AvgIpc) is 2.89. The van der Waals surface area contributed by atoms with Gasteiger partial charge in [0.1, 0.15) is 11.5 Å². The zero-order valence-corrected chi connectivity index (χ0v) is 22.7. The Bertz CT molecular complexity index is 824. The van der Waals surface area contributed by atoms with Crippen LogP contribution in [-0.2, 0) is 10.4 Å². The molecule has 1 saturated carbocycles. The van der Waals surface area contributed by atoms with Crippen molar-refractivity contribution in [1.82, 2.24) is 15.5 Å². The molecule has 3 rings (SSSR count). The summed E-state index contributed by atoms with van der Waals surface area (Å²) in [5, 5.41) is 6.35. The minimum Gasteiger partial charge on any atom is -0.385 e. The molecule has 8 heteroatoms. The number of benzene rings is 1. The van der Waals surface area contributed by atoms with Gasteiger partial charge < -0.3 is 20.3 Å². The Morgan fingerprint density at radius 3 is 2.72 bits per heavy atom. The van der Waals surface area contributed by atoms with Gasteiger partial charge in [-0.25, -0.2) is 13.6 Å². The van der Waals surface area contributed by atoms with E-state index in [1.165, 1.54) is 44.2 Å². The number of ether oxygens (including phenoxy) is 1. The summed E-state index contributed by atoms with van der Waals surface area (Å²) in [6.45, 7) is 2.07. The number of rotatable bonds is 12. The number of hydrogen-bond acceptors (Lipinski definition) is 3. The SMILES string of the molecule is CNC[C@H](CC1CCCCC1)NC(=O)N1CCC[C@@H](C(F)(CCCCOC)c2cccc(Cl)c2F)C1. The molecular weight excluding hydrogens is 484 g/mol. The molecule has 1 aromatic carbocycles. The Morgan fingerprint density at radius 2 is 2.00 bits per heavy atom. The van der Waals surface area contributed by atoms with Crippen molar-refractivity contribution in [1.29, 1.82) is 0 Å². The van der Waals surface area contributed by atoms with Crippen LogP contribution in [0.15, 0.2) is 18.2 Å². The van der Waals surface area contributed by atoms with Gasteiger partial charge in [0, 0.05) is 50.9 Å². The van der Waals surface area contributed by atoms with Gasteiger partial charge in [-0.05, 0) is 57.6 Å². The Morgan fingerprint density at radius 1 is 1.22 bits per heavy atom. The summed E-state index contributed by atoms with van der Waals surface area (Å²) in [5.74, 6) is -0.562. The number of alkyl halides is 1. The van der Waals surface area contributed by atoms with Crippen LogP contribution in [0, 0.1) is 17.7 Å². The highest BCUT2D eigenvalue weighted by atomic mass is 35.5. The third kappa shape index (κ3) is 7.78. The van der Waals surface area contributed by atoms with Crippen molar-refractivity contribution in [3.8, 4) is 0 Å². The maximum Gasteiger partial charge on any atom is 0.317 e. The number of unbranched alkanes of at least 4 members (excludes halogenated alkanes) is 1. The number of likely N-dealkylation sites (tertiary alicyclic amines) is 1. The van der Waals surface area contributed by atoms with Crippen LogP contribution in [0.1, 0.15) is 76.2 Å². The lowest BCUT2D eigenvalue weighted by atomic mass is 9.75. The molecule has 0 radical (unpaired) electrons. The number of halogens is 3. The number of nitrogens with one attached hydrogen (secondary N) is 2. The normalized spacial score (nSPS) is 21.7. The topological polar surface area (TPSA) is 53.6 Å². The molecule has 0 aromatic heterocycles. The minimum absolute atomic E-state index is 0.00466. The molecular formula is C28H44ClF2N3O2. The summed E-state index contributed by atoms with van der Waals surface area (Å²) in [7, 11) is 3.52. The van der Waals surface area contributed by atoms with Crippen LogP contribution < -0.4 is 10.6 Å². The summed E-state index contributed by atoms with van der Waals surface area (Å²) in [5.41, 5.74) is -1.90. The first-order valence-electron chi connectivity index (χ1n) is 13.7. The highest BCUT2D eigenvalue weighted by Gasteiger charge is 2.45. The molecule has 204 valence electrons. The van der Waals surface area contributed by atoms with Gasteiger partial charge in [-0.15, -0.1) is 0 Å². The quantitative estimate of drug-likeness (QED) is 0.307. The fourth-order valence-corrected chi connectivity index (χ4v) is 6.25. The molecule has 2 amide bonds. The van der Waals surface area contributed by atoms with Crippen molar-refractivity contribution in [2.24, 2.45) is 11.8 Å². The van der Waals surface area contributed by atoms with E-state index >= 15 is 8.78 Å². The highest BCUT2D eigenvalue weighted by Crippen LogP contribution is 2.45. The van der Waals surface area contributed by atoms with E-state index in [1.807, 2.05) is 7.05 Å². The molecule has 3 atom stereocenters. The maximum absolute atomic E-state index is 16.9. The third-order valence-electron chi connectivity index (χ3n) is 8.01. The van der Waals surface area contributed by atoms with Crippen LogP contribution in [0.4, 0.5) is 13.6 Å². The van der Waals surface area contributed by atoms with E-state index in [-0.39, 0.29) is 35.6 Å². The zero-order chi connectivity index (χ0) is 26.0. The summed E-state index contributed by atoms with van der Waals surface area (Å²) in [6.07, 6.45) is 9.94. The first-order valence-corrected chi connectivity index (χ1v) is 14.1. The number of urea groups is 1. The molecule has 2 fully saturated rings. The van der Waals surface area contributed by atoms with Crippen LogP contribution in [-0.4, -0.2) is 57.4 Å². The first-order chi connectivity index (χ1) is 17.4. The second-order valence-electron chi connectivity index (χ2n) is 10.6. The summed E-state index contributed by atoms with van der Waals surface area (Å²) in [6, 6.07) is 4.44. The van der Waals surface area contributed by atoms with Gasteiger partial charge in [0.15, 0.2) is 0 Å². The minimum atomic E-state index is -1.91. The standard InChI is InChI=1S/C28H44ClF2N3O2/c1-32-19-23(18-21-10-4-3-5-11-21)33-27(35)34-16-9-12-22(20-34)28(31,15-6-7-17-36-2)24-13-8-14-25(29)26(24)30/h8,13-14,21-23,32H,3-7,9-12,15-20H2,1-2H3,(H,33,35)/t22-,23+,28?/m1/s1. The monoisotopic (exact) mass is 527 g/mol. The van der Waals surface area contributed by atoms with Crippen LogP contribution >= 0.6 is 11.6 Å². The smallest absolute Gasteiger partial charge is 0.317 e. The van der Waals surface area contributed by atoms with Crippen molar-refractivity contribution in [3.05, 3.63) is 34.6 Å². The lowest BCUT2D eigenvalue weighted by molar-refractivity contribution is 0.0180. The lowest BCUT2D eigenvalue weighted by Crippen LogP contribution is -2.53. The number of amides is 2. The average molecular weight is 528 g/mol. The fraction of sp³-hybridized carbons (Fsp3) is 0.750. The van der Waals surface area contributed by atoms with Crippen molar-refractivity contribution in [2.45, 2.75) is 82.3 Å². The van der Waals surface area contributed by atoms with Gasteiger partial charge >= 0.3 is 6.03 Å². The number of hydrogen-bond donors (Lipinski definition) is 2. The molecule has 2 N–H and O–H groups in total. The van der Waals surface area contributed by atoms with E-state index in [9.17, 15) is 4.79 Å². The predicted octanol–water partition coefficient (Wildman–Crippen LogP) is 6.44. The van der Waals surface area contributed by atoms with Crippen LogP contribution in [0.2, 0.25) is 5.02 Å². The van der Waals surface area contributed by atoms with Crippen molar-refractivity contribution < 1.29 is 18.3 Å². The van der Waals surface area contributed by atoms with Crippen molar-refractivity contribution in [2.75, 3.05) is 40.4 Å². The van der Waals surface area contributed by atoms with Gasteiger partial charge in [-0.3, -0.25) is 0 Å². The lowest BCUT2D eigenvalue weighted by Gasteiger charge is -2.41. The van der Waals surface area contributed by atoms with Crippen LogP contribution in [0.25, 0.3) is 0 Å². The van der Waals surface area contributed by atoms with E-state index < -0.39 is 17.4 Å². The Balaban J connectivity index is 1.72. The van der Waals surface area contributed by atoms with E-state index in [0.717, 1.165) is 6.42 Å². The van der Waals surface area contributed by atoms with Crippen molar-refractivity contribution >= 4 is 17.6 Å². The number of piperidine rings is 1. The number of nitrogens with zero attached hydrogens (tertiary/aromatic N) is 1. The van der Waals surface area contributed by atoms with E-state index in [1.54, 1.807) is 18.1 Å². The second kappa shape index (κ2) is 14.5. The van der Waals surface area contributed by atoms with Gasteiger partial charge in [0.25, 0.3) is 0 Å². The molecule has 5 nitrogen and oxygen atoms in total. The molecule has 1 unspecified atom stereocenters. The summed E-state index contributed by atoms with van der Waals surface area (Å²) in [4.78, 5) is 15.0. The van der Waals surface area contributed by atoms with Crippen LogP contribution in [0.3, 0.4) is 0 Å². The van der Waals surface area contributed by atoms with Crippen molar-refractivity contribution in [3.63, 3.8) is 0 Å². The maximum atomic E-state index is 16.9. The number of likely N-dealkylation sites (N-methyl/N-ethyl adjacent to an activating group) is 1. The molecule has 0 bridgehead atoms. The molecule has 1 aromatic rings. The third-order valence-corrected chi connectivity index (χ3v) is 8.31. The molecule has 0 spiro atoms. The summed E-state index contributed by atoms with van der Waals surface area (Å²) >= 11 is 6.05. The molecule has 1 aliphatic heterocycles. The predicted molar refractivity (Wildman–Crippen MR) is 142 cm³/mol. The Labute approximate surface area is 220 Å². The molecule has 1 saturated heterocycles. The Hall–Kier alpha value is -1.44. The van der Waals surface area contributed by atoms with Gasteiger partial charge in [0.2, 0.25) is 0 Å². The van der Waals surface area contributed by atoms with E-state index in [4.69, 9.17) is 16.3 Å².